The van der Waals surface area contributed by atoms with Crippen LogP contribution in [0.1, 0.15) is 52.5 Å². The lowest BCUT2D eigenvalue weighted by molar-refractivity contribution is 0.184. The topological polar surface area (TPSA) is 49.7 Å². The van der Waals surface area contributed by atoms with E-state index >= 15 is 0 Å². The number of phenols is 1. The molecule has 1 aromatic rings. The number of aromatic hydroxyl groups is 1. The highest BCUT2D eigenvalue weighted by atomic mass is 16.5. The van der Waals surface area contributed by atoms with Gasteiger partial charge in [-0.05, 0) is 42.4 Å². The van der Waals surface area contributed by atoms with Crippen LogP contribution < -0.4 is 4.74 Å². The molecule has 0 amide bonds. The lowest BCUT2D eigenvalue weighted by Gasteiger charge is -2.24. The van der Waals surface area contributed by atoms with Crippen LogP contribution in [0.2, 0.25) is 0 Å². The Labute approximate surface area is 121 Å². The Morgan fingerprint density at radius 2 is 2.05 bits per heavy atom. The van der Waals surface area contributed by atoms with E-state index in [4.69, 9.17) is 4.74 Å². The zero-order valence-corrected chi connectivity index (χ0v) is 12.9. The van der Waals surface area contributed by atoms with Gasteiger partial charge in [0.1, 0.15) is 0 Å². The molecule has 0 heterocycles. The van der Waals surface area contributed by atoms with Crippen molar-refractivity contribution in [2.45, 2.75) is 58.5 Å². The van der Waals surface area contributed by atoms with Crippen LogP contribution in [0.5, 0.6) is 11.5 Å². The van der Waals surface area contributed by atoms with Gasteiger partial charge in [0.2, 0.25) is 0 Å². The summed E-state index contributed by atoms with van der Waals surface area (Å²) in [5, 5.41) is 19.4. The zero-order valence-electron chi connectivity index (χ0n) is 12.9. The molecule has 1 fully saturated rings. The molecule has 20 heavy (non-hydrogen) atoms. The van der Waals surface area contributed by atoms with Crippen molar-refractivity contribution in [3.05, 3.63) is 23.8 Å². The van der Waals surface area contributed by atoms with Gasteiger partial charge in [-0.15, -0.1) is 0 Å². The summed E-state index contributed by atoms with van der Waals surface area (Å²) >= 11 is 0. The average Bonchev–Trinajstić information content (AvgIpc) is 2.71. The standard InChI is InChI=1S/C17H26O3/c1-16(2)8-7-13(10-16)20-15-9-12(5-6-14(15)19)17(3,4)11-18/h5-6,9,13,18-19H,7-8,10-11H2,1-4H3. The van der Waals surface area contributed by atoms with Crippen LogP contribution in [0.15, 0.2) is 18.2 Å². The van der Waals surface area contributed by atoms with E-state index in [1.165, 1.54) is 0 Å². The van der Waals surface area contributed by atoms with Gasteiger partial charge in [0, 0.05) is 5.41 Å². The lowest BCUT2D eigenvalue weighted by atomic mass is 9.85. The molecule has 1 aliphatic carbocycles. The smallest absolute Gasteiger partial charge is 0.161 e. The van der Waals surface area contributed by atoms with Crippen molar-refractivity contribution in [3.63, 3.8) is 0 Å². The lowest BCUT2D eigenvalue weighted by Crippen LogP contribution is -2.22. The van der Waals surface area contributed by atoms with Gasteiger partial charge in [0.15, 0.2) is 11.5 Å². The van der Waals surface area contributed by atoms with Gasteiger partial charge in [-0.3, -0.25) is 0 Å². The van der Waals surface area contributed by atoms with E-state index in [0.29, 0.717) is 11.2 Å². The molecule has 1 saturated carbocycles. The second kappa shape index (κ2) is 5.28. The Bertz CT molecular complexity index is 477. The summed E-state index contributed by atoms with van der Waals surface area (Å²) < 4.78 is 5.99. The van der Waals surface area contributed by atoms with Gasteiger partial charge < -0.3 is 14.9 Å². The van der Waals surface area contributed by atoms with Crippen molar-refractivity contribution >= 4 is 0 Å². The highest BCUT2D eigenvalue weighted by molar-refractivity contribution is 5.44. The molecule has 1 unspecified atom stereocenters. The Hall–Kier alpha value is -1.22. The third-order valence-electron chi connectivity index (χ3n) is 4.35. The number of phenolic OH excluding ortho intramolecular Hbond substituents is 1. The number of benzene rings is 1. The normalized spacial score (nSPS) is 21.9. The molecule has 0 bridgehead atoms. The molecule has 0 aliphatic heterocycles. The quantitative estimate of drug-likeness (QED) is 0.884. The van der Waals surface area contributed by atoms with Crippen LogP contribution in [-0.2, 0) is 5.41 Å². The van der Waals surface area contributed by atoms with Crippen LogP contribution in [-0.4, -0.2) is 22.9 Å². The molecule has 1 aromatic carbocycles. The number of ether oxygens (including phenoxy) is 1. The molecular formula is C17H26O3. The first-order valence-electron chi connectivity index (χ1n) is 7.34. The van der Waals surface area contributed by atoms with Crippen molar-refractivity contribution in [3.8, 4) is 11.5 Å². The second-order valence-electron chi connectivity index (χ2n) is 7.37. The molecule has 0 saturated heterocycles. The number of aliphatic hydroxyl groups excluding tert-OH is 1. The van der Waals surface area contributed by atoms with Gasteiger partial charge in [-0.25, -0.2) is 0 Å². The van der Waals surface area contributed by atoms with Crippen LogP contribution in [0, 0.1) is 5.41 Å². The predicted molar refractivity (Wildman–Crippen MR) is 80.3 cm³/mol. The summed E-state index contributed by atoms with van der Waals surface area (Å²) in [7, 11) is 0. The maximum Gasteiger partial charge on any atom is 0.161 e. The first-order chi connectivity index (χ1) is 9.23. The molecule has 1 aliphatic rings. The summed E-state index contributed by atoms with van der Waals surface area (Å²) in [5.74, 6) is 0.707. The van der Waals surface area contributed by atoms with Gasteiger partial charge in [0.25, 0.3) is 0 Å². The molecule has 0 aromatic heterocycles. The number of hydrogen-bond donors (Lipinski definition) is 2. The van der Waals surface area contributed by atoms with E-state index in [0.717, 1.165) is 24.8 Å². The SMILES string of the molecule is CC1(C)CCC(Oc2cc(C(C)(C)CO)ccc2O)C1. The third-order valence-corrected chi connectivity index (χ3v) is 4.35. The highest BCUT2D eigenvalue weighted by Gasteiger charge is 2.32. The van der Waals surface area contributed by atoms with Crippen molar-refractivity contribution in [2.24, 2.45) is 5.41 Å². The molecule has 1 atom stereocenters. The van der Waals surface area contributed by atoms with E-state index in [2.05, 4.69) is 13.8 Å². The summed E-state index contributed by atoms with van der Waals surface area (Å²) in [6, 6.07) is 5.36. The van der Waals surface area contributed by atoms with Gasteiger partial charge in [-0.2, -0.15) is 0 Å². The highest BCUT2D eigenvalue weighted by Crippen LogP contribution is 2.41. The summed E-state index contributed by atoms with van der Waals surface area (Å²) in [5.41, 5.74) is 0.966. The maximum atomic E-state index is 9.98. The van der Waals surface area contributed by atoms with Crippen molar-refractivity contribution in [1.82, 2.24) is 0 Å². The van der Waals surface area contributed by atoms with Crippen LogP contribution in [0.25, 0.3) is 0 Å². The Kier molecular flexibility index (Phi) is 4.01. The number of aliphatic hydroxyl groups is 1. The molecular weight excluding hydrogens is 252 g/mol. The fraction of sp³-hybridized carbons (Fsp3) is 0.647. The Morgan fingerprint density at radius 3 is 2.60 bits per heavy atom. The average molecular weight is 278 g/mol. The summed E-state index contributed by atoms with van der Waals surface area (Å²) in [6.45, 7) is 8.51. The molecule has 0 radical (unpaired) electrons. The van der Waals surface area contributed by atoms with E-state index in [9.17, 15) is 10.2 Å². The molecule has 112 valence electrons. The van der Waals surface area contributed by atoms with Crippen molar-refractivity contribution in [1.29, 1.82) is 0 Å². The first kappa shape index (κ1) is 15.2. The minimum atomic E-state index is -0.333. The fourth-order valence-corrected chi connectivity index (χ4v) is 2.77. The minimum Gasteiger partial charge on any atom is -0.504 e. The van der Waals surface area contributed by atoms with E-state index in [1.807, 2.05) is 26.0 Å². The molecule has 0 spiro atoms. The minimum absolute atomic E-state index is 0.0632. The first-order valence-corrected chi connectivity index (χ1v) is 7.34. The summed E-state index contributed by atoms with van der Waals surface area (Å²) in [6.07, 6.45) is 3.36. The molecule has 2 N–H and O–H groups in total. The zero-order chi connectivity index (χ0) is 15.0. The number of rotatable bonds is 4. The van der Waals surface area contributed by atoms with Gasteiger partial charge in [-0.1, -0.05) is 33.8 Å². The number of hydrogen-bond acceptors (Lipinski definition) is 3. The third kappa shape index (κ3) is 3.26. The van der Waals surface area contributed by atoms with Gasteiger partial charge in [0.05, 0.1) is 12.7 Å². The Morgan fingerprint density at radius 1 is 1.35 bits per heavy atom. The monoisotopic (exact) mass is 278 g/mol. The Balaban J connectivity index is 2.18. The molecule has 3 nitrogen and oxygen atoms in total. The molecule has 2 rings (SSSR count). The predicted octanol–water partition coefficient (Wildman–Crippen LogP) is 3.62. The summed E-state index contributed by atoms with van der Waals surface area (Å²) in [4.78, 5) is 0. The van der Waals surface area contributed by atoms with Gasteiger partial charge >= 0.3 is 0 Å². The van der Waals surface area contributed by atoms with Crippen LogP contribution in [0.4, 0.5) is 0 Å². The van der Waals surface area contributed by atoms with E-state index in [-0.39, 0.29) is 23.9 Å². The van der Waals surface area contributed by atoms with Crippen LogP contribution >= 0.6 is 0 Å². The molecule has 3 heteroatoms. The van der Waals surface area contributed by atoms with Crippen molar-refractivity contribution in [2.75, 3.05) is 6.61 Å². The maximum absolute atomic E-state index is 9.98. The van der Waals surface area contributed by atoms with E-state index < -0.39 is 0 Å². The second-order valence-corrected chi connectivity index (χ2v) is 7.37. The fourth-order valence-electron chi connectivity index (χ4n) is 2.77. The van der Waals surface area contributed by atoms with Crippen LogP contribution in [0.3, 0.4) is 0 Å². The van der Waals surface area contributed by atoms with E-state index in [1.54, 1.807) is 6.07 Å². The van der Waals surface area contributed by atoms with Crippen molar-refractivity contribution < 1.29 is 14.9 Å². The largest absolute Gasteiger partial charge is 0.504 e.